The van der Waals surface area contributed by atoms with E-state index in [9.17, 15) is 0 Å². The summed E-state index contributed by atoms with van der Waals surface area (Å²) in [5.41, 5.74) is 14.2. The predicted octanol–water partition coefficient (Wildman–Crippen LogP) is 6.72. The average molecular weight is 485 g/mol. The van der Waals surface area contributed by atoms with E-state index in [0.29, 0.717) is 5.71 Å². The molecule has 1 aliphatic heterocycles. The molecule has 1 aliphatic rings. The number of nitrogens with one attached hydrogen (secondary N) is 2. The number of benzene rings is 4. The van der Waals surface area contributed by atoms with Crippen LogP contribution in [0.3, 0.4) is 0 Å². The molecule has 1 heterocycles. The van der Waals surface area contributed by atoms with E-state index < -0.39 is 5.54 Å². The van der Waals surface area contributed by atoms with Crippen LogP contribution in [-0.2, 0) is 5.54 Å². The third kappa shape index (κ3) is 4.43. The maximum absolute atomic E-state index is 8.73. The molecule has 37 heavy (non-hydrogen) atoms. The Kier molecular flexibility index (Phi) is 6.65. The topological polar surface area (TPSA) is 65.1 Å². The average Bonchev–Trinajstić information content (AvgIpc) is 2.94. The number of hydrogen-bond donors (Lipinski definition) is 3. The zero-order chi connectivity index (χ0) is 25.8. The number of nitrogens with zero attached hydrogens (tertiary/aromatic N) is 1. The molecule has 0 unspecified atom stereocenters. The molecule has 0 bridgehead atoms. The maximum Gasteiger partial charge on any atom is 0.116 e. The van der Waals surface area contributed by atoms with Crippen molar-refractivity contribution >= 4 is 22.7 Å². The summed E-state index contributed by atoms with van der Waals surface area (Å²) in [5, 5.41) is 12.1. The van der Waals surface area contributed by atoms with Gasteiger partial charge in [0.25, 0.3) is 0 Å². The molecule has 0 aliphatic carbocycles. The fraction of sp³-hybridized carbons (Fsp3) is 0.121. The van der Waals surface area contributed by atoms with E-state index in [0.717, 1.165) is 51.3 Å². The minimum Gasteiger partial charge on any atom is -0.398 e. The molecule has 0 amide bonds. The molecule has 4 nitrogen and oxygen atoms in total. The number of hydrogen-bond acceptors (Lipinski definition) is 4. The Morgan fingerprint density at radius 3 is 1.84 bits per heavy atom. The minimum absolute atomic E-state index is 0.487. The normalized spacial score (nSPS) is 13.2. The van der Waals surface area contributed by atoms with E-state index in [4.69, 9.17) is 11.1 Å². The first-order valence-corrected chi connectivity index (χ1v) is 12.5. The fourth-order valence-corrected chi connectivity index (χ4v) is 5.31. The molecular weight excluding hydrogens is 452 g/mol. The molecule has 5 rings (SSSR count). The van der Waals surface area contributed by atoms with Crippen LogP contribution >= 0.6 is 0 Å². The second-order valence-electron chi connectivity index (χ2n) is 9.39. The van der Waals surface area contributed by atoms with Gasteiger partial charge in [0.1, 0.15) is 5.54 Å². The number of nitrogens with two attached hydrogens (primary N) is 1. The van der Waals surface area contributed by atoms with Gasteiger partial charge in [-0.05, 0) is 47.4 Å². The van der Waals surface area contributed by atoms with Crippen molar-refractivity contribution in [1.29, 1.82) is 5.41 Å². The lowest BCUT2D eigenvalue weighted by molar-refractivity contribution is 0.282. The van der Waals surface area contributed by atoms with Gasteiger partial charge in [-0.1, -0.05) is 97.1 Å². The lowest BCUT2D eigenvalue weighted by atomic mass is 9.76. The van der Waals surface area contributed by atoms with Crippen LogP contribution in [0.5, 0.6) is 0 Å². The molecule has 4 N–H and O–H groups in total. The number of anilines is 1. The molecular formula is C33H32N4. The van der Waals surface area contributed by atoms with Crippen molar-refractivity contribution in [3.8, 4) is 0 Å². The van der Waals surface area contributed by atoms with Crippen molar-refractivity contribution in [1.82, 2.24) is 4.90 Å². The highest BCUT2D eigenvalue weighted by Crippen LogP contribution is 2.42. The summed E-state index contributed by atoms with van der Waals surface area (Å²) in [6.07, 6.45) is 4.09. The molecule has 0 saturated heterocycles. The summed E-state index contributed by atoms with van der Waals surface area (Å²) in [6, 6.07) is 37.9. The van der Waals surface area contributed by atoms with E-state index in [-0.39, 0.29) is 0 Å². The first-order chi connectivity index (χ1) is 18.0. The van der Waals surface area contributed by atoms with Gasteiger partial charge >= 0.3 is 0 Å². The second-order valence-corrected chi connectivity index (χ2v) is 9.39. The van der Waals surface area contributed by atoms with Crippen molar-refractivity contribution in [2.75, 3.05) is 18.9 Å². The SMILES string of the molecule is CC(=N)/C(=C\N(C)C(c1ccccc1)(c1ccccc1)c1ccccc1)c1ccc2c(c1)C(N)=CCN2. The molecule has 0 fully saturated rings. The lowest BCUT2D eigenvalue weighted by Crippen LogP contribution is -2.43. The van der Waals surface area contributed by atoms with Crippen LogP contribution in [0.4, 0.5) is 5.69 Å². The highest BCUT2D eigenvalue weighted by atomic mass is 15.2. The Bertz CT molecular complexity index is 1360. The Balaban J connectivity index is 1.74. The molecule has 0 atom stereocenters. The third-order valence-corrected chi connectivity index (χ3v) is 7.09. The summed E-state index contributed by atoms with van der Waals surface area (Å²) in [4.78, 5) is 2.25. The molecule has 0 spiro atoms. The Morgan fingerprint density at radius 1 is 0.838 bits per heavy atom. The van der Waals surface area contributed by atoms with Crippen LogP contribution in [0.25, 0.3) is 11.3 Å². The van der Waals surface area contributed by atoms with Gasteiger partial charge in [-0.15, -0.1) is 0 Å². The molecule has 4 aromatic rings. The molecule has 4 aromatic carbocycles. The van der Waals surface area contributed by atoms with Crippen molar-refractivity contribution in [3.05, 3.63) is 149 Å². The summed E-state index contributed by atoms with van der Waals surface area (Å²) in [7, 11) is 2.10. The Hall–Kier alpha value is -4.57. The van der Waals surface area contributed by atoms with E-state index >= 15 is 0 Å². The van der Waals surface area contributed by atoms with E-state index in [2.05, 4.69) is 114 Å². The zero-order valence-electron chi connectivity index (χ0n) is 21.3. The predicted molar refractivity (Wildman–Crippen MR) is 155 cm³/mol. The van der Waals surface area contributed by atoms with Gasteiger partial charge in [0, 0.05) is 48.0 Å². The first kappa shape index (κ1) is 24.1. The standard InChI is InChI=1S/C33H32N4/c1-24(34)30(25-18-19-32-29(22-25)31(35)20-21-36-32)23-37(2)33(26-12-6-3-7-13-26,27-14-8-4-9-15-27)28-16-10-5-11-17-28/h3-20,22-23,34,36H,21,35H2,1-2H3/b30-23+,34-24?. The van der Waals surface area contributed by atoms with Crippen molar-refractivity contribution in [2.24, 2.45) is 5.73 Å². The van der Waals surface area contributed by atoms with Gasteiger partial charge in [0.15, 0.2) is 0 Å². The summed E-state index contributed by atoms with van der Waals surface area (Å²) in [6.45, 7) is 2.56. The van der Waals surface area contributed by atoms with Crippen LogP contribution in [0.2, 0.25) is 0 Å². The zero-order valence-corrected chi connectivity index (χ0v) is 21.3. The van der Waals surface area contributed by atoms with Crippen LogP contribution in [0, 0.1) is 5.41 Å². The Morgan fingerprint density at radius 2 is 1.35 bits per heavy atom. The van der Waals surface area contributed by atoms with E-state index in [1.54, 1.807) is 0 Å². The van der Waals surface area contributed by atoms with E-state index in [1.807, 2.05) is 31.2 Å². The van der Waals surface area contributed by atoms with Crippen molar-refractivity contribution in [2.45, 2.75) is 12.5 Å². The van der Waals surface area contributed by atoms with Gasteiger partial charge in [0.05, 0.1) is 0 Å². The quantitative estimate of drug-likeness (QED) is 0.202. The van der Waals surface area contributed by atoms with Gasteiger partial charge < -0.3 is 21.4 Å². The molecule has 184 valence electrons. The van der Waals surface area contributed by atoms with Gasteiger partial charge in [0.2, 0.25) is 0 Å². The number of rotatable bonds is 7. The number of allylic oxidation sites excluding steroid dienone is 1. The third-order valence-electron chi connectivity index (χ3n) is 7.09. The van der Waals surface area contributed by atoms with E-state index in [1.165, 1.54) is 0 Å². The number of fused-ring (bicyclic) bond motifs is 1. The van der Waals surface area contributed by atoms with Gasteiger partial charge in [-0.2, -0.15) is 0 Å². The van der Waals surface area contributed by atoms with Crippen LogP contribution in [0.1, 0.15) is 34.7 Å². The summed E-state index contributed by atoms with van der Waals surface area (Å²) in [5.74, 6) is 0. The lowest BCUT2D eigenvalue weighted by Gasteiger charge is -2.43. The second kappa shape index (κ2) is 10.2. The monoisotopic (exact) mass is 484 g/mol. The van der Waals surface area contributed by atoms with Gasteiger partial charge in [-0.3, -0.25) is 0 Å². The molecule has 4 heteroatoms. The van der Waals surface area contributed by atoms with Gasteiger partial charge in [-0.25, -0.2) is 0 Å². The van der Waals surface area contributed by atoms with Crippen LogP contribution in [-0.4, -0.2) is 24.2 Å². The van der Waals surface area contributed by atoms with Crippen molar-refractivity contribution < 1.29 is 0 Å². The molecule has 0 saturated carbocycles. The first-order valence-electron chi connectivity index (χ1n) is 12.5. The fourth-order valence-electron chi connectivity index (χ4n) is 5.31. The highest BCUT2D eigenvalue weighted by Gasteiger charge is 2.39. The van der Waals surface area contributed by atoms with Crippen LogP contribution in [0.15, 0.2) is 121 Å². The maximum atomic E-state index is 8.73. The highest BCUT2D eigenvalue weighted by molar-refractivity contribution is 6.21. The Labute approximate surface area is 219 Å². The van der Waals surface area contributed by atoms with Crippen molar-refractivity contribution in [3.63, 3.8) is 0 Å². The molecule has 0 aromatic heterocycles. The van der Waals surface area contributed by atoms with Crippen LogP contribution < -0.4 is 11.1 Å². The smallest absolute Gasteiger partial charge is 0.116 e. The minimum atomic E-state index is -0.612. The largest absolute Gasteiger partial charge is 0.398 e. The molecule has 0 radical (unpaired) electrons. The summed E-state index contributed by atoms with van der Waals surface area (Å²) < 4.78 is 0. The summed E-state index contributed by atoms with van der Waals surface area (Å²) >= 11 is 0.